The van der Waals surface area contributed by atoms with Crippen LogP contribution < -0.4 is 5.32 Å². The van der Waals surface area contributed by atoms with E-state index in [2.05, 4.69) is 36.5 Å². The third kappa shape index (κ3) is 3.08. The summed E-state index contributed by atoms with van der Waals surface area (Å²) in [5.41, 5.74) is 4.51. The maximum Gasteiger partial charge on any atom is 0.0472 e. The van der Waals surface area contributed by atoms with Gasteiger partial charge in [-0.3, -0.25) is 0 Å². The number of anilines is 2. The van der Waals surface area contributed by atoms with Crippen LogP contribution in [0.3, 0.4) is 0 Å². The Morgan fingerprint density at radius 3 is 2.41 bits per heavy atom. The van der Waals surface area contributed by atoms with Gasteiger partial charge in [-0.15, -0.1) is 0 Å². The number of rotatable bonds is 4. The summed E-state index contributed by atoms with van der Waals surface area (Å²) in [5, 5.41) is 12.4. The predicted octanol–water partition coefficient (Wildman–Crippen LogP) is 3.27. The van der Waals surface area contributed by atoms with E-state index in [1.807, 2.05) is 24.3 Å². The molecule has 0 atom stereocenters. The molecule has 0 aliphatic carbocycles. The Balaban J connectivity index is 2.20. The summed E-state index contributed by atoms with van der Waals surface area (Å²) in [7, 11) is 0. The Bertz CT molecular complexity index is 477. The molecule has 0 saturated carbocycles. The molecule has 2 N–H and O–H groups in total. The van der Waals surface area contributed by atoms with Crippen LogP contribution in [0.1, 0.15) is 11.1 Å². The number of aliphatic hydroxyl groups excluding tert-OH is 1. The van der Waals surface area contributed by atoms with Crippen LogP contribution >= 0.6 is 0 Å². The second-order valence-electron chi connectivity index (χ2n) is 4.12. The van der Waals surface area contributed by atoms with Gasteiger partial charge in [0.25, 0.3) is 0 Å². The Morgan fingerprint density at radius 2 is 1.71 bits per heavy atom. The third-order valence-corrected chi connectivity index (χ3v) is 2.73. The fourth-order valence-electron chi connectivity index (χ4n) is 1.77. The zero-order valence-corrected chi connectivity index (χ0v) is 9.98. The standard InChI is InChI=1S/C15H17NO/c1-12-6-8-14(9-7-12)16-15-5-3-2-4-13(15)10-11-17/h2-9,16-17H,10-11H2,1H3. The van der Waals surface area contributed by atoms with Crippen molar-refractivity contribution in [2.45, 2.75) is 13.3 Å². The largest absolute Gasteiger partial charge is 0.396 e. The highest BCUT2D eigenvalue weighted by Gasteiger charge is 2.01. The molecule has 2 aromatic rings. The Hall–Kier alpha value is -1.80. The fourth-order valence-corrected chi connectivity index (χ4v) is 1.77. The van der Waals surface area contributed by atoms with Crippen LogP contribution in [0.2, 0.25) is 0 Å². The normalized spacial score (nSPS) is 10.2. The number of nitrogens with one attached hydrogen (secondary N) is 1. The highest BCUT2D eigenvalue weighted by atomic mass is 16.2. The Labute approximate surface area is 102 Å². The molecule has 0 aromatic heterocycles. The first-order chi connectivity index (χ1) is 8.29. The molecular weight excluding hydrogens is 210 g/mol. The maximum atomic E-state index is 9.02. The van der Waals surface area contributed by atoms with Crippen LogP contribution in [-0.2, 0) is 6.42 Å². The second-order valence-corrected chi connectivity index (χ2v) is 4.12. The van der Waals surface area contributed by atoms with Gasteiger partial charge in [-0.05, 0) is 37.1 Å². The lowest BCUT2D eigenvalue weighted by Crippen LogP contribution is -1.98. The van der Waals surface area contributed by atoms with Crippen LogP contribution in [0.5, 0.6) is 0 Å². The van der Waals surface area contributed by atoms with Crippen LogP contribution in [0.25, 0.3) is 0 Å². The van der Waals surface area contributed by atoms with Gasteiger partial charge in [0, 0.05) is 18.0 Å². The maximum absolute atomic E-state index is 9.02. The first-order valence-corrected chi connectivity index (χ1v) is 5.82. The van der Waals surface area contributed by atoms with E-state index in [0.717, 1.165) is 16.9 Å². The minimum absolute atomic E-state index is 0.173. The molecule has 2 rings (SSSR count). The summed E-state index contributed by atoms with van der Waals surface area (Å²) < 4.78 is 0. The van der Waals surface area contributed by atoms with Crippen LogP contribution in [-0.4, -0.2) is 11.7 Å². The molecule has 0 fully saturated rings. The van der Waals surface area contributed by atoms with Gasteiger partial charge in [-0.25, -0.2) is 0 Å². The number of benzene rings is 2. The second kappa shape index (κ2) is 5.51. The Morgan fingerprint density at radius 1 is 1.00 bits per heavy atom. The summed E-state index contributed by atoms with van der Waals surface area (Å²) >= 11 is 0. The van der Waals surface area contributed by atoms with E-state index in [9.17, 15) is 0 Å². The van der Waals surface area contributed by atoms with Crippen molar-refractivity contribution in [3.8, 4) is 0 Å². The summed E-state index contributed by atoms with van der Waals surface area (Å²) in [6, 6.07) is 16.3. The van der Waals surface area contributed by atoms with Gasteiger partial charge >= 0.3 is 0 Å². The molecule has 0 radical (unpaired) electrons. The molecule has 2 aromatic carbocycles. The molecule has 0 aliphatic heterocycles. The van der Waals surface area contributed by atoms with Crippen LogP contribution in [0.15, 0.2) is 48.5 Å². The van der Waals surface area contributed by atoms with Crippen molar-refractivity contribution < 1.29 is 5.11 Å². The smallest absolute Gasteiger partial charge is 0.0472 e. The lowest BCUT2D eigenvalue weighted by molar-refractivity contribution is 0.300. The zero-order chi connectivity index (χ0) is 12.1. The highest BCUT2D eigenvalue weighted by molar-refractivity contribution is 5.63. The third-order valence-electron chi connectivity index (χ3n) is 2.73. The monoisotopic (exact) mass is 227 g/mol. The SMILES string of the molecule is Cc1ccc(Nc2ccccc2CCO)cc1. The summed E-state index contributed by atoms with van der Waals surface area (Å²) in [5.74, 6) is 0. The molecule has 0 heterocycles. The summed E-state index contributed by atoms with van der Waals surface area (Å²) in [6.07, 6.45) is 0.676. The molecule has 0 saturated heterocycles. The van der Waals surface area contributed by atoms with Gasteiger partial charge in [0.2, 0.25) is 0 Å². The molecule has 0 amide bonds. The van der Waals surface area contributed by atoms with Crippen molar-refractivity contribution in [1.29, 1.82) is 0 Å². The van der Waals surface area contributed by atoms with E-state index >= 15 is 0 Å². The minimum atomic E-state index is 0.173. The van der Waals surface area contributed by atoms with E-state index < -0.39 is 0 Å². The average molecular weight is 227 g/mol. The highest BCUT2D eigenvalue weighted by Crippen LogP contribution is 2.21. The number of hydrogen-bond acceptors (Lipinski definition) is 2. The zero-order valence-electron chi connectivity index (χ0n) is 9.98. The lowest BCUT2D eigenvalue weighted by atomic mass is 10.1. The van der Waals surface area contributed by atoms with Crippen molar-refractivity contribution in [1.82, 2.24) is 0 Å². The first kappa shape index (κ1) is 11.7. The van der Waals surface area contributed by atoms with Gasteiger partial charge in [0.15, 0.2) is 0 Å². The van der Waals surface area contributed by atoms with E-state index in [-0.39, 0.29) is 6.61 Å². The van der Waals surface area contributed by atoms with Crippen molar-refractivity contribution in [2.24, 2.45) is 0 Å². The topological polar surface area (TPSA) is 32.3 Å². The lowest BCUT2D eigenvalue weighted by Gasteiger charge is -2.11. The molecule has 0 aliphatic rings. The quantitative estimate of drug-likeness (QED) is 0.840. The van der Waals surface area contributed by atoms with Crippen molar-refractivity contribution in [3.63, 3.8) is 0 Å². The molecule has 0 bridgehead atoms. The number of aryl methyl sites for hydroxylation is 1. The molecule has 2 heteroatoms. The number of para-hydroxylation sites is 1. The number of aliphatic hydroxyl groups is 1. The molecule has 17 heavy (non-hydrogen) atoms. The van der Waals surface area contributed by atoms with E-state index in [1.54, 1.807) is 0 Å². The average Bonchev–Trinajstić information content (AvgIpc) is 2.35. The van der Waals surface area contributed by atoms with Crippen molar-refractivity contribution >= 4 is 11.4 Å². The van der Waals surface area contributed by atoms with Gasteiger partial charge in [0.1, 0.15) is 0 Å². The van der Waals surface area contributed by atoms with Crippen molar-refractivity contribution in [3.05, 3.63) is 59.7 Å². The molecule has 88 valence electrons. The van der Waals surface area contributed by atoms with E-state index in [0.29, 0.717) is 6.42 Å². The minimum Gasteiger partial charge on any atom is -0.396 e. The van der Waals surface area contributed by atoms with Gasteiger partial charge in [-0.2, -0.15) is 0 Å². The summed E-state index contributed by atoms with van der Waals surface area (Å²) in [4.78, 5) is 0. The molecule has 0 spiro atoms. The fraction of sp³-hybridized carbons (Fsp3) is 0.200. The molecular formula is C15H17NO. The Kier molecular flexibility index (Phi) is 3.78. The van der Waals surface area contributed by atoms with Gasteiger partial charge < -0.3 is 10.4 Å². The van der Waals surface area contributed by atoms with Crippen molar-refractivity contribution in [2.75, 3.05) is 11.9 Å². The first-order valence-electron chi connectivity index (χ1n) is 5.82. The predicted molar refractivity (Wildman–Crippen MR) is 71.7 cm³/mol. The molecule has 2 nitrogen and oxygen atoms in total. The van der Waals surface area contributed by atoms with Crippen LogP contribution in [0.4, 0.5) is 11.4 Å². The molecule has 0 unspecified atom stereocenters. The number of hydrogen-bond donors (Lipinski definition) is 2. The van der Waals surface area contributed by atoms with Gasteiger partial charge in [-0.1, -0.05) is 35.9 Å². The van der Waals surface area contributed by atoms with Gasteiger partial charge in [0.05, 0.1) is 0 Å². The summed E-state index contributed by atoms with van der Waals surface area (Å²) in [6.45, 7) is 2.25. The van der Waals surface area contributed by atoms with E-state index in [4.69, 9.17) is 5.11 Å². The van der Waals surface area contributed by atoms with E-state index in [1.165, 1.54) is 5.56 Å². The van der Waals surface area contributed by atoms with Crippen LogP contribution in [0, 0.1) is 6.92 Å².